The van der Waals surface area contributed by atoms with E-state index in [1.165, 1.54) is 6.07 Å². The van der Waals surface area contributed by atoms with Crippen molar-refractivity contribution in [2.24, 2.45) is 5.41 Å². The molecule has 118 valence electrons. The molecule has 2 aromatic heterocycles. The van der Waals surface area contributed by atoms with Crippen LogP contribution in [-0.2, 0) is 6.42 Å². The van der Waals surface area contributed by atoms with Crippen molar-refractivity contribution in [1.82, 2.24) is 15.0 Å². The summed E-state index contributed by atoms with van der Waals surface area (Å²) in [5, 5.41) is 0. The number of anilines is 1. The summed E-state index contributed by atoms with van der Waals surface area (Å²) in [4.78, 5) is 25.5. The maximum Gasteiger partial charge on any atom is 0.251 e. The minimum absolute atomic E-state index is 0.129. The highest BCUT2D eigenvalue weighted by Gasteiger charge is 2.15. The van der Waals surface area contributed by atoms with Gasteiger partial charge in [0.15, 0.2) is 0 Å². The number of pyridine rings is 1. The lowest BCUT2D eigenvalue weighted by Gasteiger charge is -2.27. The lowest BCUT2D eigenvalue weighted by Crippen LogP contribution is -2.29. The molecule has 2 aromatic rings. The highest BCUT2D eigenvalue weighted by atomic mass is 16.1. The van der Waals surface area contributed by atoms with E-state index >= 15 is 0 Å². The van der Waals surface area contributed by atoms with Gasteiger partial charge >= 0.3 is 0 Å². The molecule has 1 N–H and O–H groups in total. The quantitative estimate of drug-likeness (QED) is 0.943. The van der Waals surface area contributed by atoms with Crippen molar-refractivity contribution in [1.29, 1.82) is 0 Å². The third-order valence-corrected chi connectivity index (χ3v) is 3.28. The Morgan fingerprint density at radius 1 is 1.27 bits per heavy atom. The van der Waals surface area contributed by atoms with Crippen molar-refractivity contribution in [3.63, 3.8) is 0 Å². The van der Waals surface area contributed by atoms with Crippen molar-refractivity contribution in [2.45, 2.75) is 34.1 Å². The number of hydrogen-bond acceptors (Lipinski definition) is 4. The van der Waals surface area contributed by atoms with Gasteiger partial charge < -0.3 is 9.88 Å². The molecule has 0 spiro atoms. The van der Waals surface area contributed by atoms with Gasteiger partial charge in [-0.25, -0.2) is 9.97 Å². The monoisotopic (exact) mass is 300 g/mol. The predicted octanol–water partition coefficient (Wildman–Crippen LogP) is 2.88. The summed E-state index contributed by atoms with van der Waals surface area (Å²) in [6.07, 6.45) is 2.49. The summed E-state index contributed by atoms with van der Waals surface area (Å²) in [5.41, 5.74) is 1.68. The minimum atomic E-state index is -0.129. The van der Waals surface area contributed by atoms with Gasteiger partial charge in [0.05, 0.1) is 0 Å². The number of hydrogen-bond donors (Lipinski definition) is 1. The first-order valence-electron chi connectivity index (χ1n) is 7.56. The van der Waals surface area contributed by atoms with Crippen LogP contribution in [0.25, 0.3) is 11.4 Å². The van der Waals surface area contributed by atoms with E-state index in [9.17, 15) is 4.79 Å². The number of aromatic nitrogens is 3. The van der Waals surface area contributed by atoms with Gasteiger partial charge in [-0.05, 0) is 24.0 Å². The molecule has 0 aromatic carbocycles. The van der Waals surface area contributed by atoms with Gasteiger partial charge in [0.1, 0.15) is 11.6 Å². The zero-order valence-electron chi connectivity index (χ0n) is 14.0. The van der Waals surface area contributed by atoms with Crippen LogP contribution in [0.1, 0.15) is 33.4 Å². The number of H-pyrrole nitrogens is 1. The summed E-state index contributed by atoms with van der Waals surface area (Å²) in [5.74, 6) is 1.48. The largest absolute Gasteiger partial charge is 0.359 e. The smallest absolute Gasteiger partial charge is 0.251 e. The van der Waals surface area contributed by atoms with E-state index in [0.29, 0.717) is 5.82 Å². The van der Waals surface area contributed by atoms with E-state index in [-0.39, 0.29) is 11.0 Å². The Labute approximate surface area is 131 Å². The summed E-state index contributed by atoms with van der Waals surface area (Å²) < 4.78 is 0. The van der Waals surface area contributed by atoms with Crippen molar-refractivity contribution < 1.29 is 0 Å². The van der Waals surface area contributed by atoms with Crippen LogP contribution in [0, 0.1) is 5.41 Å². The lowest BCUT2D eigenvalue weighted by molar-refractivity contribution is 0.418. The van der Waals surface area contributed by atoms with Crippen molar-refractivity contribution in [3.05, 3.63) is 40.4 Å². The molecule has 2 rings (SSSR count). The number of nitrogens with zero attached hydrogens (tertiary/aromatic N) is 3. The molecule has 0 aliphatic heterocycles. The molecule has 22 heavy (non-hydrogen) atoms. The second kappa shape index (κ2) is 6.30. The molecule has 0 saturated heterocycles. The number of aryl methyl sites for hydroxylation is 1. The van der Waals surface area contributed by atoms with E-state index in [1.54, 1.807) is 6.20 Å². The molecule has 2 heterocycles. The molecule has 0 unspecified atom stereocenters. The molecule has 5 heteroatoms. The summed E-state index contributed by atoms with van der Waals surface area (Å²) in [7, 11) is 2.03. The Hall–Kier alpha value is -2.17. The van der Waals surface area contributed by atoms with E-state index in [2.05, 4.69) is 40.6 Å². The van der Waals surface area contributed by atoms with E-state index in [4.69, 9.17) is 0 Å². The highest BCUT2D eigenvalue weighted by Crippen LogP contribution is 2.20. The fourth-order valence-corrected chi connectivity index (χ4v) is 2.37. The van der Waals surface area contributed by atoms with Crippen LogP contribution >= 0.6 is 0 Å². The third-order valence-electron chi connectivity index (χ3n) is 3.28. The van der Waals surface area contributed by atoms with Crippen LogP contribution in [0.3, 0.4) is 0 Å². The summed E-state index contributed by atoms with van der Waals surface area (Å²) in [6.45, 7) is 9.49. The van der Waals surface area contributed by atoms with Gasteiger partial charge in [0.2, 0.25) is 0 Å². The number of rotatable bonds is 4. The van der Waals surface area contributed by atoms with Crippen LogP contribution in [0.5, 0.6) is 0 Å². The second-order valence-corrected chi connectivity index (χ2v) is 6.76. The topological polar surface area (TPSA) is 61.9 Å². The Morgan fingerprint density at radius 3 is 2.55 bits per heavy atom. The minimum Gasteiger partial charge on any atom is -0.359 e. The Kier molecular flexibility index (Phi) is 4.64. The maximum atomic E-state index is 11.7. The zero-order valence-corrected chi connectivity index (χ0v) is 14.0. The molecule has 0 aliphatic carbocycles. The predicted molar refractivity (Wildman–Crippen MR) is 90.2 cm³/mol. The standard InChI is InChI=1S/C17H24N4O/c1-6-13-9-15(22)20-16(19-13)12-7-8-14(18-10-12)21(5)11-17(2,3)4/h7-10H,6,11H2,1-5H3,(H,19,20,22). The molecule has 0 fully saturated rings. The fourth-order valence-electron chi connectivity index (χ4n) is 2.37. The van der Waals surface area contributed by atoms with Crippen molar-refractivity contribution in [2.75, 3.05) is 18.5 Å². The van der Waals surface area contributed by atoms with Gasteiger partial charge in [-0.3, -0.25) is 4.79 Å². The highest BCUT2D eigenvalue weighted by molar-refractivity contribution is 5.56. The molecule has 0 aliphatic rings. The van der Waals surface area contributed by atoms with Crippen LogP contribution in [0.2, 0.25) is 0 Å². The van der Waals surface area contributed by atoms with Crippen LogP contribution in [0.4, 0.5) is 5.82 Å². The zero-order chi connectivity index (χ0) is 16.3. The third kappa shape index (κ3) is 4.16. The molecule has 0 saturated carbocycles. The average molecular weight is 300 g/mol. The first-order valence-corrected chi connectivity index (χ1v) is 7.56. The normalized spacial score (nSPS) is 11.5. The molecular weight excluding hydrogens is 276 g/mol. The van der Waals surface area contributed by atoms with Crippen molar-refractivity contribution >= 4 is 5.82 Å². The number of aromatic amines is 1. The molecule has 0 amide bonds. The molecule has 0 atom stereocenters. The van der Waals surface area contributed by atoms with Gasteiger partial charge in [-0.15, -0.1) is 0 Å². The first-order chi connectivity index (χ1) is 10.3. The Bertz CT molecular complexity index is 683. The van der Waals surface area contributed by atoms with Crippen LogP contribution < -0.4 is 10.5 Å². The SMILES string of the molecule is CCc1cc(=O)[nH]c(-c2ccc(N(C)CC(C)(C)C)nc2)n1. The van der Waals surface area contributed by atoms with Crippen LogP contribution in [-0.4, -0.2) is 28.5 Å². The summed E-state index contributed by atoms with van der Waals surface area (Å²) >= 11 is 0. The van der Waals surface area contributed by atoms with Crippen molar-refractivity contribution in [3.8, 4) is 11.4 Å². The second-order valence-electron chi connectivity index (χ2n) is 6.76. The molecular formula is C17H24N4O. The molecule has 0 bridgehead atoms. The van der Waals surface area contributed by atoms with Gasteiger partial charge in [-0.1, -0.05) is 27.7 Å². The first kappa shape index (κ1) is 16.2. The van der Waals surface area contributed by atoms with E-state index in [0.717, 1.165) is 30.0 Å². The fraction of sp³-hybridized carbons (Fsp3) is 0.471. The van der Waals surface area contributed by atoms with Gasteiger partial charge in [0.25, 0.3) is 5.56 Å². The molecule has 0 radical (unpaired) electrons. The number of nitrogens with one attached hydrogen (secondary N) is 1. The Balaban J connectivity index is 2.25. The van der Waals surface area contributed by atoms with E-state index < -0.39 is 0 Å². The average Bonchev–Trinajstić information content (AvgIpc) is 2.45. The maximum absolute atomic E-state index is 11.7. The van der Waals surface area contributed by atoms with Gasteiger partial charge in [-0.2, -0.15) is 0 Å². The molecule has 5 nitrogen and oxygen atoms in total. The Morgan fingerprint density at radius 2 is 2.00 bits per heavy atom. The van der Waals surface area contributed by atoms with E-state index in [1.807, 2.05) is 26.1 Å². The van der Waals surface area contributed by atoms with Gasteiger partial charge in [0, 0.05) is 37.1 Å². The lowest BCUT2D eigenvalue weighted by atomic mass is 9.96. The van der Waals surface area contributed by atoms with Crippen LogP contribution in [0.15, 0.2) is 29.2 Å². The summed E-state index contributed by atoms with van der Waals surface area (Å²) in [6, 6.07) is 5.43.